The van der Waals surface area contributed by atoms with E-state index < -0.39 is 0 Å². The van der Waals surface area contributed by atoms with E-state index in [9.17, 15) is 4.79 Å². The van der Waals surface area contributed by atoms with Crippen molar-refractivity contribution in [1.82, 2.24) is 0 Å². The molecule has 0 spiro atoms. The van der Waals surface area contributed by atoms with Gasteiger partial charge in [0.1, 0.15) is 11.2 Å². The van der Waals surface area contributed by atoms with Crippen LogP contribution in [-0.2, 0) is 11.3 Å². The van der Waals surface area contributed by atoms with Crippen molar-refractivity contribution in [2.24, 2.45) is 0 Å². The van der Waals surface area contributed by atoms with E-state index in [4.69, 9.17) is 0 Å². The van der Waals surface area contributed by atoms with Gasteiger partial charge in [-0.3, -0.25) is 4.79 Å². The maximum atomic E-state index is 13.3. The number of Topliss-reactive ketones (excluding diaryl/α,β-unsaturated/α-hetero) is 1. The average molecular weight is 492 g/mol. The minimum Gasteiger partial charge on any atom is -0.335 e. The highest BCUT2D eigenvalue weighted by Crippen LogP contribution is 2.48. The highest BCUT2D eigenvalue weighted by atomic mass is 32.2. The molecular formula is C27H27N2OS3+. The number of hydrogen-bond donors (Lipinski definition) is 0. The first kappa shape index (κ1) is 22.5. The van der Waals surface area contributed by atoms with Crippen LogP contribution in [0.3, 0.4) is 0 Å². The number of thioether (sulfide) groups is 2. The number of anilines is 1. The minimum atomic E-state index is 0.153. The molecule has 3 nitrogen and oxygen atoms in total. The summed E-state index contributed by atoms with van der Waals surface area (Å²) in [5.41, 5.74) is 4.17. The van der Waals surface area contributed by atoms with E-state index in [2.05, 4.69) is 90.3 Å². The van der Waals surface area contributed by atoms with Crippen LogP contribution in [0, 0.1) is 0 Å². The number of hydrogen-bond acceptors (Lipinski definition) is 5. The molecule has 3 aromatic rings. The molecule has 6 heteroatoms. The van der Waals surface area contributed by atoms with Crippen LogP contribution in [0.1, 0.15) is 31.7 Å². The normalized spacial score (nSPS) is 18.0. The van der Waals surface area contributed by atoms with Crippen LogP contribution in [0.4, 0.5) is 5.69 Å². The van der Waals surface area contributed by atoms with Gasteiger partial charge in [-0.25, -0.2) is 0 Å². The van der Waals surface area contributed by atoms with Gasteiger partial charge in [0.05, 0.1) is 10.7 Å². The van der Waals surface area contributed by atoms with E-state index >= 15 is 0 Å². The van der Waals surface area contributed by atoms with E-state index in [1.807, 2.05) is 0 Å². The Balaban J connectivity index is 1.54. The van der Waals surface area contributed by atoms with Gasteiger partial charge < -0.3 is 4.90 Å². The summed E-state index contributed by atoms with van der Waals surface area (Å²) in [6, 6.07) is 17.0. The lowest BCUT2D eigenvalue weighted by Gasteiger charge is -2.24. The average Bonchev–Trinajstić information content (AvgIpc) is 3.36. The van der Waals surface area contributed by atoms with Gasteiger partial charge in [0.25, 0.3) is 5.01 Å². The number of carbonyl (C=O) groups excluding carboxylic acids is 1. The summed E-state index contributed by atoms with van der Waals surface area (Å²) < 4.78 is 3.61. The number of rotatable bonds is 7. The van der Waals surface area contributed by atoms with Crippen molar-refractivity contribution < 1.29 is 9.36 Å². The van der Waals surface area contributed by atoms with Gasteiger partial charge in [0.15, 0.2) is 5.78 Å². The van der Waals surface area contributed by atoms with Crippen molar-refractivity contribution in [3.8, 4) is 0 Å². The number of aryl methyl sites for hydroxylation is 1. The molecule has 168 valence electrons. The van der Waals surface area contributed by atoms with Crippen molar-refractivity contribution in [1.29, 1.82) is 0 Å². The van der Waals surface area contributed by atoms with Crippen LogP contribution < -0.4 is 9.47 Å². The zero-order chi connectivity index (χ0) is 22.9. The Morgan fingerprint density at radius 2 is 1.82 bits per heavy atom. The van der Waals surface area contributed by atoms with E-state index in [1.165, 1.54) is 20.8 Å². The Hall–Kier alpha value is -2.28. The van der Waals surface area contributed by atoms with Crippen LogP contribution >= 0.6 is 34.9 Å². The Labute approximate surface area is 207 Å². The molecule has 0 saturated carbocycles. The molecule has 33 heavy (non-hydrogen) atoms. The molecule has 2 aliphatic rings. The lowest BCUT2D eigenvalue weighted by molar-refractivity contribution is -0.668. The molecule has 5 rings (SSSR count). The molecule has 0 amide bonds. The number of benzene rings is 2. The third kappa shape index (κ3) is 3.98. The first-order valence-electron chi connectivity index (χ1n) is 11.4. The quantitative estimate of drug-likeness (QED) is 0.261. The Morgan fingerprint density at radius 3 is 2.61 bits per heavy atom. The molecule has 0 fully saturated rings. The second-order valence-corrected chi connectivity index (χ2v) is 11.0. The molecule has 0 saturated heterocycles. The third-order valence-electron chi connectivity index (χ3n) is 5.89. The van der Waals surface area contributed by atoms with Crippen LogP contribution in [0.2, 0.25) is 0 Å². The first-order chi connectivity index (χ1) is 16.2. The monoisotopic (exact) mass is 491 g/mol. The summed E-state index contributed by atoms with van der Waals surface area (Å²) in [6.45, 7) is 6.30. The van der Waals surface area contributed by atoms with Crippen molar-refractivity contribution in [2.45, 2.75) is 38.1 Å². The third-order valence-corrected chi connectivity index (χ3v) is 8.96. The molecule has 2 aromatic carbocycles. The number of fused-ring (bicyclic) bond motifs is 2. The number of thiazole rings is 1. The van der Waals surface area contributed by atoms with E-state index in [0.717, 1.165) is 52.0 Å². The summed E-state index contributed by atoms with van der Waals surface area (Å²) in [6.07, 6.45) is 8.40. The number of ketones is 1. The second kappa shape index (κ2) is 9.53. The van der Waals surface area contributed by atoms with Gasteiger partial charge in [-0.1, -0.05) is 61.2 Å². The molecule has 0 unspecified atom stereocenters. The first-order valence-corrected chi connectivity index (χ1v) is 14.2. The lowest BCUT2D eigenvalue weighted by Crippen LogP contribution is -2.35. The fourth-order valence-corrected chi connectivity index (χ4v) is 7.40. The van der Waals surface area contributed by atoms with Crippen LogP contribution in [-0.4, -0.2) is 18.6 Å². The fraction of sp³-hybridized carbons (Fsp3) is 0.259. The van der Waals surface area contributed by atoms with Gasteiger partial charge in [0, 0.05) is 46.1 Å². The Kier molecular flexibility index (Phi) is 6.50. The Morgan fingerprint density at radius 1 is 1.03 bits per heavy atom. The summed E-state index contributed by atoms with van der Waals surface area (Å²) >= 11 is 5.20. The maximum absolute atomic E-state index is 13.3. The molecule has 0 N–H and O–H groups in total. The molecule has 0 atom stereocenters. The largest absolute Gasteiger partial charge is 0.335 e. The van der Waals surface area contributed by atoms with Crippen molar-refractivity contribution >= 4 is 62.6 Å². The Bertz CT molecular complexity index is 1330. The van der Waals surface area contributed by atoms with Crippen molar-refractivity contribution in [3.05, 3.63) is 80.7 Å². The molecule has 2 heterocycles. The van der Waals surface area contributed by atoms with Gasteiger partial charge in [0.2, 0.25) is 5.52 Å². The van der Waals surface area contributed by atoms with Crippen LogP contribution in [0.15, 0.2) is 80.6 Å². The van der Waals surface area contributed by atoms with Crippen molar-refractivity contribution in [3.63, 3.8) is 0 Å². The number of allylic oxidation sites excluding steroid dienone is 3. The summed E-state index contributed by atoms with van der Waals surface area (Å²) in [5, 5.41) is 2.30. The summed E-state index contributed by atoms with van der Waals surface area (Å²) in [7, 11) is 0. The number of para-hydroxylation sites is 2. The topological polar surface area (TPSA) is 24.2 Å². The van der Waals surface area contributed by atoms with E-state index in [0.29, 0.717) is 0 Å². The fourth-order valence-electron chi connectivity index (χ4n) is 4.39. The predicted molar refractivity (Wildman–Crippen MR) is 144 cm³/mol. The highest BCUT2D eigenvalue weighted by molar-refractivity contribution is 8.04. The van der Waals surface area contributed by atoms with E-state index in [1.54, 1.807) is 34.9 Å². The number of carbonyl (C=O) groups is 1. The zero-order valence-electron chi connectivity index (χ0n) is 19.1. The van der Waals surface area contributed by atoms with Crippen LogP contribution in [0.5, 0.6) is 0 Å². The molecule has 1 aromatic heterocycles. The maximum Gasteiger partial charge on any atom is 0.263 e. The van der Waals surface area contributed by atoms with Gasteiger partial charge in [-0.05, 0) is 37.0 Å². The molecule has 1 aliphatic carbocycles. The standard InChI is InChI=1S/C27H27N2OS3/c1-4-14-28-20-10-6-8-12-22(20)32-24(28)16-18-26(30)19(27(18)31-3)17-25-29(15-5-2)21-11-7-9-13-23(21)33-25/h6-13,16-17H,4-5,14-15H2,1-3H3/q+1. The van der Waals surface area contributed by atoms with E-state index in [-0.39, 0.29) is 5.78 Å². The summed E-state index contributed by atoms with van der Waals surface area (Å²) in [5.74, 6) is 0.153. The highest BCUT2D eigenvalue weighted by Gasteiger charge is 2.35. The number of nitrogens with zero attached hydrogens (tertiary/aromatic N) is 2. The minimum absolute atomic E-state index is 0.153. The SMILES string of the molecule is CCCN1C(=CC2=C(SC)C(=Cc3sc4ccccc4[n+]3CCC)C2=O)Sc2ccccc21. The van der Waals surface area contributed by atoms with Gasteiger partial charge in [-0.2, -0.15) is 4.57 Å². The molecular weight excluding hydrogens is 465 g/mol. The molecule has 0 radical (unpaired) electrons. The lowest BCUT2D eigenvalue weighted by atomic mass is 9.89. The van der Waals surface area contributed by atoms with Crippen LogP contribution in [0.25, 0.3) is 16.3 Å². The van der Waals surface area contributed by atoms with Crippen molar-refractivity contribution in [2.75, 3.05) is 17.7 Å². The van der Waals surface area contributed by atoms with Gasteiger partial charge in [-0.15, -0.1) is 11.8 Å². The summed E-state index contributed by atoms with van der Waals surface area (Å²) in [4.78, 5) is 18.0. The number of aromatic nitrogens is 1. The molecule has 1 aliphatic heterocycles. The van der Waals surface area contributed by atoms with Gasteiger partial charge >= 0.3 is 0 Å². The second-order valence-electron chi connectivity index (χ2n) is 8.10. The zero-order valence-corrected chi connectivity index (χ0v) is 21.6. The smallest absolute Gasteiger partial charge is 0.263 e. The molecule has 0 bridgehead atoms. The predicted octanol–water partition coefficient (Wildman–Crippen LogP) is 7.05.